The highest BCUT2D eigenvalue weighted by Gasteiger charge is 2.27. The smallest absolute Gasteiger partial charge is 0.316 e. The molecule has 0 saturated heterocycles. The molecule has 5 N–H and O–H groups in total. The summed E-state index contributed by atoms with van der Waals surface area (Å²) < 4.78 is 36.9. The van der Waals surface area contributed by atoms with E-state index in [1.807, 2.05) is 6.92 Å². The minimum Gasteiger partial charge on any atom is -0.464 e. The maximum atomic E-state index is 11.2. The fourth-order valence-corrected chi connectivity index (χ4v) is 2.77. The molecule has 0 fully saturated rings. The van der Waals surface area contributed by atoms with Crippen molar-refractivity contribution in [2.45, 2.75) is 30.8 Å². The molecule has 1 aromatic carbocycles. The van der Waals surface area contributed by atoms with Crippen molar-refractivity contribution in [1.82, 2.24) is 5.01 Å². The molecule has 132 valence electrons. The normalized spacial score (nSPS) is 18.2. The average molecular weight is 376 g/mol. The number of nitrogens with zero attached hydrogens (tertiary/aromatic N) is 3. The third kappa shape index (κ3) is 4.15. The Hall–Kier alpha value is -1.88. The maximum Gasteiger partial charge on any atom is 0.316 e. The van der Waals surface area contributed by atoms with Crippen molar-refractivity contribution >= 4 is 38.7 Å². The molecular weight excluding hydrogens is 358 g/mol. The summed E-state index contributed by atoms with van der Waals surface area (Å²) in [5.74, 6) is 5.85. The van der Waals surface area contributed by atoms with Crippen LogP contribution in [0.1, 0.15) is 31.5 Å². The van der Waals surface area contributed by atoms with Gasteiger partial charge in [0.05, 0.1) is 12.3 Å². The van der Waals surface area contributed by atoms with Gasteiger partial charge in [0.1, 0.15) is 4.90 Å². The summed E-state index contributed by atoms with van der Waals surface area (Å²) in [5, 5.41) is 1.06. The number of halogens is 1. The van der Waals surface area contributed by atoms with E-state index in [0.717, 1.165) is 17.9 Å². The first-order chi connectivity index (χ1) is 11.2. The molecule has 1 heterocycles. The molecule has 0 radical (unpaired) electrons. The van der Waals surface area contributed by atoms with Gasteiger partial charge in [-0.25, -0.2) is 10.8 Å². The first-order valence-electron chi connectivity index (χ1n) is 7.09. The third-order valence-corrected chi connectivity index (χ3v) is 4.44. The van der Waals surface area contributed by atoms with Crippen molar-refractivity contribution in [3.63, 3.8) is 0 Å². The Morgan fingerprint density at radius 3 is 2.75 bits per heavy atom. The van der Waals surface area contributed by atoms with E-state index in [1.54, 1.807) is 0 Å². The van der Waals surface area contributed by atoms with Crippen LogP contribution in [-0.2, 0) is 14.9 Å². The number of anilines is 1. The number of benzene rings is 1. The van der Waals surface area contributed by atoms with Gasteiger partial charge in [-0.3, -0.25) is 9.56 Å². The Balaban J connectivity index is 2.32. The van der Waals surface area contributed by atoms with Gasteiger partial charge in [0, 0.05) is 5.56 Å². The highest BCUT2D eigenvalue weighted by atomic mass is 35.5. The van der Waals surface area contributed by atoms with Crippen LogP contribution in [-0.4, -0.2) is 35.9 Å². The van der Waals surface area contributed by atoms with Gasteiger partial charge < -0.3 is 10.5 Å². The largest absolute Gasteiger partial charge is 0.464 e. The van der Waals surface area contributed by atoms with Crippen molar-refractivity contribution in [2.24, 2.45) is 15.8 Å². The van der Waals surface area contributed by atoms with Crippen LogP contribution in [0.2, 0.25) is 0 Å². The van der Waals surface area contributed by atoms with Crippen molar-refractivity contribution in [3.8, 4) is 0 Å². The Bertz CT molecular complexity index is 781. The number of unbranched alkanes of at least 4 members (excludes halogenated alkanes) is 1. The molecule has 0 amide bonds. The molecule has 1 aliphatic rings. The van der Waals surface area contributed by atoms with E-state index in [0.29, 0.717) is 12.2 Å². The minimum absolute atomic E-state index is 0.0288. The molecule has 1 atom stereocenters. The molecule has 0 spiro atoms. The van der Waals surface area contributed by atoms with E-state index in [-0.39, 0.29) is 17.0 Å². The van der Waals surface area contributed by atoms with Crippen molar-refractivity contribution < 1.29 is 17.7 Å². The number of hydrogen-bond acceptors (Lipinski definition) is 8. The first kappa shape index (κ1) is 18.5. The fourth-order valence-electron chi connectivity index (χ4n) is 2.01. The Labute approximate surface area is 144 Å². The van der Waals surface area contributed by atoms with Gasteiger partial charge in [-0.05, 0) is 30.2 Å². The fraction of sp³-hybridized carbons (Fsp3) is 0.385. The monoisotopic (exact) mass is 375 g/mol. The molecular formula is C13H18ClN5O4S. The van der Waals surface area contributed by atoms with Crippen LogP contribution in [0.5, 0.6) is 0 Å². The van der Waals surface area contributed by atoms with E-state index in [2.05, 4.69) is 9.98 Å². The minimum atomic E-state index is -4.41. The molecule has 1 unspecified atom stereocenters. The van der Waals surface area contributed by atoms with Crippen LogP contribution in [0.25, 0.3) is 0 Å². The molecule has 1 aliphatic heterocycles. The van der Waals surface area contributed by atoms with Crippen molar-refractivity contribution in [2.75, 3.05) is 12.3 Å². The zero-order valence-electron chi connectivity index (χ0n) is 12.9. The first-order valence-corrected chi connectivity index (χ1v) is 8.91. The van der Waals surface area contributed by atoms with E-state index in [9.17, 15) is 8.42 Å². The lowest BCUT2D eigenvalue weighted by Crippen LogP contribution is -2.40. The molecule has 0 aromatic heterocycles. The number of ether oxygens (including phenoxy) is 1. The molecule has 0 bridgehead atoms. The van der Waals surface area contributed by atoms with Gasteiger partial charge in [-0.15, -0.1) is 0 Å². The summed E-state index contributed by atoms with van der Waals surface area (Å²) in [6.45, 7) is 2.45. The average Bonchev–Trinajstić information content (AvgIpc) is 2.49. The van der Waals surface area contributed by atoms with E-state index in [4.69, 9.17) is 32.5 Å². The Morgan fingerprint density at radius 2 is 2.17 bits per heavy atom. The molecule has 9 nitrogen and oxygen atoms in total. The number of amidine groups is 2. The molecule has 0 aliphatic carbocycles. The summed E-state index contributed by atoms with van der Waals surface area (Å²) in [5.41, 5.74) is 6.02. The van der Waals surface area contributed by atoms with Gasteiger partial charge in [-0.1, -0.05) is 19.4 Å². The number of nitrogens with two attached hydrogens (primary N) is 2. The highest BCUT2D eigenvalue weighted by Crippen LogP contribution is 2.29. The summed E-state index contributed by atoms with van der Waals surface area (Å²) in [7, 11) is -4.41. The van der Waals surface area contributed by atoms with Gasteiger partial charge in [0.2, 0.25) is 5.29 Å². The van der Waals surface area contributed by atoms with Crippen LogP contribution in [0.3, 0.4) is 0 Å². The molecule has 11 heteroatoms. The quantitative estimate of drug-likeness (QED) is 0.232. The predicted octanol–water partition coefficient (Wildman–Crippen LogP) is 1.47. The van der Waals surface area contributed by atoms with Crippen LogP contribution in [0.15, 0.2) is 33.1 Å². The van der Waals surface area contributed by atoms with Crippen molar-refractivity contribution in [3.05, 3.63) is 23.8 Å². The number of nitrogen functional groups attached to an aromatic ring is 1. The lowest BCUT2D eigenvalue weighted by Gasteiger charge is -2.28. The summed E-state index contributed by atoms with van der Waals surface area (Å²) in [4.78, 5) is 7.78. The van der Waals surface area contributed by atoms with E-state index < -0.39 is 21.2 Å². The topological polar surface area (TPSA) is 144 Å². The summed E-state index contributed by atoms with van der Waals surface area (Å²) >= 11 is 5.99. The van der Waals surface area contributed by atoms with E-state index in [1.165, 1.54) is 18.2 Å². The predicted molar refractivity (Wildman–Crippen MR) is 91.0 cm³/mol. The standard InChI is InChI=1S/C13H18ClN5O4S/c1-2-3-6-23-13-17-11(19(16)12(14)18-13)8-4-5-10(9(15)7-8)24(20,21)22/h4-5,7,11H,2-3,6,15-16H2,1H3,(H,20,21,22). The Morgan fingerprint density at radius 1 is 1.46 bits per heavy atom. The lowest BCUT2D eigenvalue weighted by atomic mass is 10.1. The van der Waals surface area contributed by atoms with Gasteiger partial charge in [0.15, 0.2) is 6.17 Å². The van der Waals surface area contributed by atoms with Gasteiger partial charge >= 0.3 is 6.02 Å². The van der Waals surface area contributed by atoms with Gasteiger partial charge in [-0.2, -0.15) is 13.4 Å². The zero-order chi connectivity index (χ0) is 17.9. The summed E-state index contributed by atoms with van der Waals surface area (Å²) in [6.07, 6.45) is 0.994. The van der Waals surface area contributed by atoms with E-state index >= 15 is 0 Å². The van der Waals surface area contributed by atoms with Crippen molar-refractivity contribution in [1.29, 1.82) is 0 Å². The van der Waals surface area contributed by atoms with Gasteiger partial charge in [0.25, 0.3) is 10.1 Å². The second kappa shape index (κ2) is 7.34. The number of aliphatic imine (C=N–C) groups is 2. The highest BCUT2D eigenvalue weighted by molar-refractivity contribution is 7.86. The molecule has 2 rings (SSSR count). The number of rotatable bonds is 5. The second-order valence-corrected chi connectivity index (χ2v) is 6.78. The molecule has 0 saturated carbocycles. The van der Waals surface area contributed by atoms with Crippen LogP contribution in [0, 0.1) is 0 Å². The lowest BCUT2D eigenvalue weighted by molar-refractivity contribution is 0.267. The maximum absolute atomic E-state index is 11.2. The van der Waals surface area contributed by atoms with Crippen LogP contribution < -0.4 is 11.6 Å². The summed E-state index contributed by atoms with van der Waals surface area (Å²) in [6, 6.07) is 4.02. The molecule has 1 aromatic rings. The second-order valence-electron chi connectivity index (χ2n) is 5.05. The van der Waals surface area contributed by atoms with Crippen LogP contribution >= 0.6 is 11.6 Å². The molecule has 24 heavy (non-hydrogen) atoms. The SMILES string of the molecule is CCCCOC1=NC(c2ccc(S(=O)(=O)O)c(N)c2)N(N)C(Cl)=N1. The number of hydrazine groups is 1. The third-order valence-electron chi connectivity index (χ3n) is 3.24. The van der Waals surface area contributed by atoms with Crippen LogP contribution in [0.4, 0.5) is 5.69 Å². The Kier molecular flexibility index (Phi) is 5.65. The number of hydrogen-bond donors (Lipinski definition) is 3. The zero-order valence-corrected chi connectivity index (χ0v) is 14.5.